The Morgan fingerprint density at radius 2 is 1.78 bits per heavy atom. The second-order valence-electron chi connectivity index (χ2n) is 8.79. The highest BCUT2D eigenvalue weighted by Crippen LogP contribution is 2.29. The van der Waals surface area contributed by atoms with Gasteiger partial charge in [-0.1, -0.05) is 20.3 Å². The number of benzene rings is 1. The number of nitrogens with one attached hydrogen (secondary N) is 1. The molecule has 1 aromatic heterocycles. The van der Waals surface area contributed by atoms with Crippen molar-refractivity contribution < 1.29 is 35.9 Å². The Labute approximate surface area is 202 Å². The third kappa shape index (κ3) is 6.15. The Morgan fingerprint density at radius 3 is 2.42 bits per heavy atom. The number of carbonyl (C=O) groups is 2. The number of alkyl halides is 3. The van der Waals surface area contributed by atoms with Crippen LogP contribution in [0.2, 0.25) is 0 Å². The number of amides is 2. The lowest BCUT2D eigenvalue weighted by molar-refractivity contribution is -0.148. The molecular formula is C22H26F6N6O2. The third-order valence-electron chi connectivity index (χ3n) is 6.24. The number of halogens is 6. The SMILES string of the molecule is CCC(C)C(N)C(=O)NC(CC(=O)N1CCn2c(nnc2C(F)(F)F)C1)Cc1cc(F)c(F)cc1F. The molecule has 2 aromatic rings. The highest BCUT2D eigenvalue weighted by atomic mass is 19.4. The molecule has 2 amide bonds. The normalized spacial score (nSPS) is 16.3. The van der Waals surface area contributed by atoms with E-state index in [0.29, 0.717) is 18.6 Å². The van der Waals surface area contributed by atoms with E-state index < -0.39 is 59.8 Å². The first kappa shape index (κ1) is 27.4. The fraction of sp³-hybridized carbons (Fsp3) is 0.545. The predicted octanol–water partition coefficient (Wildman–Crippen LogP) is 2.55. The minimum absolute atomic E-state index is 0.0621. The van der Waals surface area contributed by atoms with Gasteiger partial charge in [0.25, 0.3) is 0 Å². The number of hydrogen-bond acceptors (Lipinski definition) is 5. The largest absolute Gasteiger partial charge is 0.451 e. The van der Waals surface area contributed by atoms with Gasteiger partial charge in [0, 0.05) is 31.6 Å². The monoisotopic (exact) mass is 520 g/mol. The fourth-order valence-corrected chi connectivity index (χ4v) is 3.89. The number of rotatable bonds is 8. The van der Waals surface area contributed by atoms with Crippen LogP contribution >= 0.6 is 0 Å². The summed E-state index contributed by atoms with van der Waals surface area (Å²) in [4.78, 5) is 26.9. The van der Waals surface area contributed by atoms with Crippen molar-refractivity contribution in [3.8, 4) is 0 Å². The van der Waals surface area contributed by atoms with E-state index in [1.54, 1.807) is 6.92 Å². The Hall–Kier alpha value is -3.16. The van der Waals surface area contributed by atoms with Crippen LogP contribution in [-0.4, -0.2) is 50.1 Å². The lowest BCUT2D eigenvalue weighted by Crippen LogP contribution is -2.50. The summed E-state index contributed by atoms with van der Waals surface area (Å²) in [5.41, 5.74) is 5.68. The van der Waals surface area contributed by atoms with Crippen LogP contribution in [0.3, 0.4) is 0 Å². The second kappa shape index (κ2) is 10.8. The minimum Gasteiger partial charge on any atom is -0.351 e. The molecule has 0 bridgehead atoms. The van der Waals surface area contributed by atoms with E-state index in [0.717, 1.165) is 4.57 Å². The molecule has 0 saturated heterocycles. The number of nitrogens with zero attached hydrogens (tertiary/aromatic N) is 4. The van der Waals surface area contributed by atoms with Crippen molar-refractivity contribution in [1.82, 2.24) is 25.0 Å². The molecule has 3 atom stereocenters. The maximum absolute atomic E-state index is 14.3. The number of nitrogens with two attached hydrogens (primary N) is 1. The summed E-state index contributed by atoms with van der Waals surface area (Å²) >= 11 is 0. The minimum atomic E-state index is -4.70. The Kier molecular flexibility index (Phi) is 8.26. The molecule has 8 nitrogen and oxygen atoms in total. The number of carbonyl (C=O) groups excluding carboxylic acids is 2. The van der Waals surface area contributed by atoms with Crippen LogP contribution < -0.4 is 11.1 Å². The second-order valence-corrected chi connectivity index (χ2v) is 8.79. The van der Waals surface area contributed by atoms with Gasteiger partial charge in [0.05, 0.1) is 12.6 Å². The van der Waals surface area contributed by atoms with Crippen LogP contribution in [0.5, 0.6) is 0 Å². The molecule has 0 saturated carbocycles. The van der Waals surface area contributed by atoms with E-state index in [-0.39, 0.29) is 43.4 Å². The van der Waals surface area contributed by atoms with Crippen molar-refractivity contribution in [3.63, 3.8) is 0 Å². The van der Waals surface area contributed by atoms with Crippen molar-refractivity contribution in [1.29, 1.82) is 0 Å². The van der Waals surface area contributed by atoms with Crippen molar-refractivity contribution in [3.05, 3.63) is 46.8 Å². The highest BCUT2D eigenvalue weighted by molar-refractivity contribution is 5.83. The lowest BCUT2D eigenvalue weighted by Gasteiger charge is -2.30. The first-order valence-electron chi connectivity index (χ1n) is 11.3. The average molecular weight is 520 g/mol. The van der Waals surface area contributed by atoms with Gasteiger partial charge in [0.1, 0.15) is 5.82 Å². The van der Waals surface area contributed by atoms with Gasteiger partial charge < -0.3 is 20.5 Å². The molecule has 1 aliphatic rings. The molecular weight excluding hydrogens is 494 g/mol. The zero-order valence-electron chi connectivity index (χ0n) is 19.6. The first-order chi connectivity index (χ1) is 16.8. The molecule has 0 fully saturated rings. The van der Waals surface area contributed by atoms with Gasteiger partial charge >= 0.3 is 6.18 Å². The molecule has 1 aliphatic heterocycles. The molecule has 14 heteroatoms. The summed E-state index contributed by atoms with van der Waals surface area (Å²) in [6, 6.07) is -0.974. The van der Waals surface area contributed by atoms with Crippen molar-refractivity contribution in [2.75, 3.05) is 6.54 Å². The summed E-state index contributed by atoms with van der Waals surface area (Å²) in [7, 11) is 0. The fourth-order valence-electron chi connectivity index (χ4n) is 3.89. The van der Waals surface area contributed by atoms with Crippen LogP contribution in [0.15, 0.2) is 12.1 Å². The molecule has 2 heterocycles. The maximum atomic E-state index is 14.3. The van der Waals surface area contributed by atoms with Crippen molar-refractivity contribution in [2.24, 2.45) is 11.7 Å². The number of fused-ring (bicyclic) bond motifs is 1. The molecule has 0 aliphatic carbocycles. The summed E-state index contributed by atoms with van der Waals surface area (Å²) in [5.74, 6) is -6.36. The number of aromatic nitrogens is 3. The van der Waals surface area contributed by atoms with Crippen LogP contribution in [0.25, 0.3) is 0 Å². The molecule has 3 unspecified atom stereocenters. The molecule has 0 radical (unpaired) electrons. The van der Waals surface area contributed by atoms with Gasteiger partial charge in [0.2, 0.25) is 17.6 Å². The number of hydrogen-bond donors (Lipinski definition) is 2. The third-order valence-corrected chi connectivity index (χ3v) is 6.24. The molecule has 3 rings (SSSR count). The smallest absolute Gasteiger partial charge is 0.351 e. The van der Waals surface area contributed by atoms with Gasteiger partial charge in [-0.3, -0.25) is 9.59 Å². The van der Waals surface area contributed by atoms with E-state index in [1.165, 1.54) is 4.90 Å². The van der Waals surface area contributed by atoms with Gasteiger partial charge in [-0.25, -0.2) is 13.2 Å². The zero-order valence-corrected chi connectivity index (χ0v) is 19.6. The topological polar surface area (TPSA) is 106 Å². The summed E-state index contributed by atoms with van der Waals surface area (Å²) in [6.45, 7) is 3.04. The molecule has 198 valence electrons. The summed E-state index contributed by atoms with van der Waals surface area (Å²) in [6.07, 6.45) is -4.85. The van der Waals surface area contributed by atoms with Crippen LogP contribution in [0.1, 0.15) is 43.9 Å². The van der Waals surface area contributed by atoms with Gasteiger partial charge in [-0.2, -0.15) is 13.2 Å². The predicted molar refractivity (Wildman–Crippen MR) is 114 cm³/mol. The quantitative estimate of drug-likeness (QED) is 0.411. The summed E-state index contributed by atoms with van der Waals surface area (Å²) < 4.78 is 81.4. The van der Waals surface area contributed by atoms with Crippen molar-refractivity contribution >= 4 is 11.8 Å². The van der Waals surface area contributed by atoms with E-state index in [1.807, 2.05) is 6.92 Å². The first-order valence-corrected chi connectivity index (χ1v) is 11.3. The Morgan fingerprint density at radius 1 is 1.11 bits per heavy atom. The maximum Gasteiger partial charge on any atom is 0.451 e. The van der Waals surface area contributed by atoms with E-state index in [4.69, 9.17) is 5.73 Å². The Bertz CT molecular complexity index is 1120. The van der Waals surface area contributed by atoms with Gasteiger partial charge in [-0.05, 0) is 24.0 Å². The van der Waals surface area contributed by atoms with Crippen LogP contribution in [0.4, 0.5) is 26.3 Å². The van der Waals surface area contributed by atoms with Gasteiger partial charge in [0.15, 0.2) is 17.5 Å². The van der Waals surface area contributed by atoms with E-state index >= 15 is 0 Å². The van der Waals surface area contributed by atoms with E-state index in [2.05, 4.69) is 15.5 Å². The van der Waals surface area contributed by atoms with Gasteiger partial charge in [-0.15, -0.1) is 10.2 Å². The molecule has 3 N–H and O–H groups in total. The molecule has 1 aromatic carbocycles. The Balaban J connectivity index is 1.78. The lowest BCUT2D eigenvalue weighted by atomic mass is 9.97. The zero-order chi connectivity index (χ0) is 26.8. The van der Waals surface area contributed by atoms with E-state index in [9.17, 15) is 35.9 Å². The highest BCUT2D eigenvalue weighted by Gasteiger charge is 2.40. The van der Waals surface area contributed by atoms with Crippen LogP contribution in [-0.2, 0) is 35.3 Å². The van der Waals surface area contributed by atoms with Crippen LogP contribution in [0, 0.1) is 23.4 Å². The molecule has 0 spiro atoms. The average Bonchev–Trinajstić information content (AvgIpc) is 3.25. The summed E-state index contributed by atoms with van der Waals surface area (Å²) in [5, 5.41) is 9.26. The molecule has 36 heavy (non-hydrogen) atoms. The van der Waals surface area contributed by atoms with Crippen molar-refractivity contribution in [2.45, 2.75) is 64.5 Å². The standard InChI is InChI=1S/C22H26F6N6O2/c1-3-11(2)19(29)20(36)30-13(6-12-7-15(24)16(25)9-14(12)23)8-18(35)33-4-5-34-17(10-33)31-32-21(34)22(26,27)28/h7,9,11,13,19H,3-6,8,10,29H2,1-2H3,(H,30,36).